The summed E-state index contributed by atoms with van der Waals surface area (Å²) < 4.78 is 12.7. The van der Waals surface area contributed by atoms with E-state index in [0.717, 1.165) is 43.8 Å². The molecule has 0 bridgehead atoms. The molecule has 184 valence electrons. The maximum Gasteiger partial charge on any atom is 0.271 e. The molecule has 0 saturated carbocycles. The van der Waals surface area contributed by atoms with E-state index >= 15 is 0 Å². The summed E-state index contributed by atoms with van der Waals surface area (Å²) in [5.74, 6) is -0.706. The van der Waals surface area contributed by atoms with Crippen molar-refractivity contribution in [2.24, 2.45) is 0 Å². The van der Waals surface area contributed by atoms with Crippen molar-refractivity contribution in [1.29, 1.82) is 0 Å². The largest absolute Gasteiger partial charge is 0.348 e. The Hall–Kier alpha value is -2.55. The molecular weight excluding hydrogens is 475 g/mol. The standard InChI is InChI=1S/C25H32ClFN4O2S/c1-3-5-6-7-8-9-13-31-14-11-21(12-15-31)28-24(33)22-18-34-25(29-22)30-23(32)19(10-4-2)16-20(26)17-27/h3,5-10,16,18,21H,4,11-15,17H2,1-2H3,(H,28,33)(H,29,30,32)/b5-3-,7-6-,9-8+,19-10+,20-16+. The summed E-state index contributed by atoms with van der Waals surface area (Å²) in [6, 6.07) is 0.0918. The number of halogens is 2. The first kappa shape index (κ1) is 27.7. The zero-order chi connectivity index (χ0) is 24.8. The van der Waals surface area contributed by atoms with E-state index < -0.39 is 12.6 Å². The van der Waals surface area contributed by atoms with E-state index in [1.165, 1.54) is 6.08 Å². The fourth-order valence-corrected chi connectivity index (χ4v) is 4.10. The number of alkyl halides is 1. The quantitative estimate of drug-likeness (QED) is 0.311. The molecule has 1 aromatic rings. The van der Waals surface area contributed by atoms with Gasteiger partial charge in [-0.2, -0.15) is 0 Å². The van der Waals surface area contributed by atoms with Gasteiger partial charge in [-0.15, -0.1) is 11.3 Å². The molecule has 1 aromatic heterocycles. The summed E-state index contributed by atoms with van der Waals surface area (Å²) in [6.45, 7) is 5.70. The third-order valence-corrected chi connectivity index (χ3v) is 6.00. The van der Waals surface area contributed by atoms with E-state index in [9.17, 15) is 14.0 Å². The van der Waals surface area contributed by atoms with Gasteiger partial charge in [0, 0.05) is 41.7 Å². The number of rotatable bonds is 11. The summed E-state index contributed by atoms with van der Waals surface area (Å²) in [5, 5.41) is 7.54. The lowest BCUT2D eigenvalue weighted by Crippen LogP contribution is -2.44. The van der Waals surface area contributed by atoms with Crippen LogP contribution < -0.4 is 10.6 Å². The van der Waals surface area contributed by atoms with Crippen LogP contribution in [0, 0.1) is 0 Å². The summed E-state index contributed by atoms with van der Waals surface area (Å²) in [7, 11) is 0. The normalized spacial score (nSPS) is 16.7. The molecule has 0 aliphatic carbocycles. The number of piperidine rings is 1. The van der Waals surface area contributed by atoms with E-state index in [4.69, 9.17) is 11.6 Å². The lowest BCUT2D eigenvalue weighted by molar-refractivity contribution is -0.112. The number of anilines is 1. The Kier molecular flexibility index (Phi) is 12.5. The van der Waals surface area contributed by atoms with Crippen LogP contribution in [0.3, 0.4) is 0 Å². The van der Waals surface area contributed by atoms with Crippen LogP contribution in [-0.4, -0.2) is 54.0 Å². The maximum absolute atomic E-state index is 12.7. The highest BCUT2D eigenvalue weighted by atomic mass is 35.5. The van der Waals surface area contributed by atoms with Gasteiger partial charge in [0.2, 0.25) is 0 Å². The zero-order valence-corrected chi connectivity index (χ0v) is 21.2. The van der Waals surface area contributed by atoms with Crippen molar-refractivity contribution in [2.75, 3.05) is 31.6 Å². The van der Waals surface area contributed by atoms with Gasteiger partial charge >= 0.3 is 0 Å². The molecule has 2 amide bonds. The molecule has 1 saturated heterocycles. The molecule has 0 unspecified atom stereocenters. The number of hydrogen-bond donors (Lipinski definition) is 2. The van der Waals surface area contributed by atoms with Crippen LogP contribution in [0.25, 0.3) is 0 Å². The molecule has 1 fully saturated rings. The number of carbonyl (C=O) groups is 2. The number of carbonyl (C=O) groups excluding carboxylic acids is 2. The molecule has 0 spiro atoms. The second-order valence-corrected chi connectivity index (χ2v) is 9.02. The van der Waals surface area contributed by atoms with Crippen molar-refractivity contribution in [3.05, 3.63) is 70.3 Å². The molecule has 9 heteroatoms. The number of allylic oxidation sites excluding steroid dienone is 7. The van der Waals surface area contributed by atoms with Crippen LogP contribution in [0.5, 0.6) is 0 Å². The number of amides is 2. The van der Waals surface area contributed by atoms with Crippen molar-refractivity contribution in [1.82, 2.24) is 15.2 Å². The van der Waals surface area contributed by atoms with Crippen molar-refractivity contribution in [2.45, 2.75) is 39.2 Å². The van der Waals surface area contributed by atoms with Gasteiger partial charge in [-0.1, -0.05) is 61.1 Å². The highest BCUT2D eigenvalue weighted by Gasteiger charge is 2.22. The van der Waals surface area contributed by atoms with Crippen molar-refractivity contribution in [3.63, 3.8) is 0 Å². The fraction of sp³-hybridized carbons (Fsp3) is 0.400. The van der Waals surface area contributed by atoms with Gasteiger partial charge < -0.3 is 5.32 Å². The number of thiazole rings is 1. The van der Waals surface area contributed by atoms with Gasteiger partial charge in [-0.05, 0) is 32.3 Å². The van der Waals surface area contributed by atoms with Crippen molar-refractivity contribution >= 4 is 39.9 Å². The minimum absolute atomic E-state index is 0.0580. The smallest absolute Gasteiger partial charge is 0.271 e. The van der Waals surface area contributed by atoms with E-state index in [-0.39, 0.29) is 28.2 Å². The highest BCUT2D eigenvalue weighted by Crippen LogP contribution is 2.19. The average molecular weight is 507 g/mol. The number of nitrogens with zero attached hydrogens (tertiary/aromatic N) is 2. The van der Waals surface area contributed by atoms with Gasteiger partial charge in [0.05, 0.1) is 0 Å². The summed E-state index contributed by atoms with van der Waals surface area (Å²) in [5.41, 5.74) is 0.513. The van der Waals surface area contributed by atoms with Gasteiger partial charge in [-0.25, -0.2) is 9.37 Å². The molecule has 2 N–H and O–H groups in total. The molecule has 2 rings (SSSR count). The molecule has 0 atom stereocenters. The van der Waals surface area contributed by atoms with Crippen LogP contribution in [0.2, 0.25) is 0 Å². The second-order valence-electron chi connectivity index (χ2n) is 7.67. The molecule has 2 heterocycles. The monoisotopic (exact) mass is 506 g/mol. The maximum atomic E-state index is 12.7. The first-order valence-electron chi connectivity index (χ1n) is 11.3. The van der Waals surface area contributed by atoms with Gasteiger partial charge in [0.15, 0.2) is 5.13 Å². The van der Waals surface area contributed by atoms with Gasteiger partial charge in [0.25, 0.3) is 11.8 Å². The van der Waals surface area contributed by atoms with E-state index in [2.05, 4.69) is 26.6 Å². The number of aromatic nitrogens is 1. The molecule has 6 nitrogen and oxygen atoms in total. The topological polar surface area (TPSA) is 74.3 Å². The Bertz CT molecular complexity index is 960. The van der Waals surface area contributed by atoms with Gasteiger partial charge in [-0.3, -0.25) is 19.8 Å². The first-order chi connectivity index (χ1) is 16.5. The van der Waals surface area contributed by atoms with E-state index in [1.807, 2.05) is 44.2 Å². The Labute approximate surface area is 210 Å². The molecule has 1 aliphatic rings. The van der Waals surface area contributed by atoms with Crippen molar-refractivity contribution in [3.8, 4) is 0 Å². The SMILES string of the molecule is C\C=C/C=C\C=C\CN1CCC(NC(=O)c2csc(NC(=O)C(/C=C(/Cl)CF)=C/CC)n2)CC1. The lowest BCUT2D eigenvalue weighted by atomic mass is 10.0. The Morgan fingerprint density at radius 1 is 1.26 bits per heavy atom. The first-order valence-corrected chi connectivity index (χ1v) is 12.6. The van der Waals surface area contributed by atoms with E-state index in [1.54, 1.807) is 11.5 Å². The number of hydrogen-bond acceptors (Lipinski definition) is 5. The van der Waals surface area contributed by atoms with Crippen molar-refractivity contribution < 1.29 is 14.0 Å². The minimum Gasteiger partial charge on any atom is -0.348 e. The molecular formula is C25H32ClFN4O2S. The summed E-state index contributed by atoms with van der Waals surface area (Å²) >= 11 is 6.89. The predicted molar refractivity (Wildman–Crippen MR) is 139 cm³/mol. The third kappa shape index (κ3) is 9.75. The second kappa shape index (κ2) is 15.4. The number of likely N-dealkylation sites (tertiary alicyclic amines) is 1. The number of nitrogens with one attached hydrogen (secondary N) is 2. The Morgan fingerprint density at radius 3 is 2.68 bits per heavy atom. The Balaban J connectivity index is 1.82. The average Bonchev–Trinajstić information content (AvgIpc) is 3.30. The predicted octanol–water partition coefficient (Wildman–Crippen LogP) is 5.39. The van der Waals surface area contributed by atoms with Crippen LogP contribution in [0.4, 0.5) is 9.52 Å². The molecule has 1 aliphatic heterocycles. The molecule has 34 heavy (non-hydrogen) atoms. The van der Waals surface area contributed by atoms with Crippen LogP contribution in [0.15, 0.2) is 64.6 Å². The van der Waals surface area contributed by atoms with Crippen LogP contribution >= 0.6 is 22.9 Å². The zero-order valence-electron chi connectivity index (χ0n) is 19.6. The summed E-state index contributed by atoms with van der Waals surface area (Å²) in [4.78, 5) is 31.7. The molecule has 0 aromatic carbocycles. The molecule has 0 radical (unpaired) electrons. The van der Waals surface area contributed by atoms with E-state index in [0.29, 0.717) is 11.6 Å². The van der Waals surface area contributed by atoms with Gasteiger partial charge in [0.1, 0.15) is 12.4 Å². The third-order valence-electron chi connectivity index (χ3n) is 5.03. The highest BCUT2D eigenvalue weighted by molar-refractivity contribution is 7.14. The van der Waals surface area contributed by atoms with Crippen LogP contribution in [-0.2, 0) is 4.79 Å². The lowest BCUT2D eigenvalue weighted by Gasteiger charge is -2.31. The summed E-state index contributed by atoms with van der Waals surface area (Å²) in [6.07, 6.45) is 17.4. The van der Waals surface area contributed by atoms with Crippen LogP contribution in [0.1, 0.15) is 43.6 Å². The fourth-order valence-electron chi connectivity index (χ4n) is 3.30. The minimum atomic E-state index is -0.846. The Morgan fingerprint density at radius 2 is 2.00 bits per heavy atom.